The van der Waals surface area contributed by atoms with E-state index in [1.807, 2.05) is 0 Å². The zero-order valence-corrected chi connectivity index (χ0v) is 14.6. The normalized spacial score (nSPS) is 27.8. The molecule has 0 aliphatic heterocycles. The Morgan fingerprint density at radius 3 is 2.70 bits per heavy atom. The van der Waals surface area contributed by atoms with Crippen molar-refractivity contribution in [2.75, 3.05) is 0 Å². The van der Waals surface area contributed by atoms with Gasteiger partial charge in [-0.15, -0.1) is 6.42 Å². The Bertz CT molecular complexity index is 594. The number of aromatic nitrogens is 1. The van der Waals surface area contributed by atoms with E-state index in [2.05, 4.69) is 42.2 Å². The number of rotatable bonds is 4. The molecule has 1 unspecified atom stereocenters. The molecule has 0 bridgehead atoms. The molecule has 2 N–H and O–H groups in total. The number of terminal acetylenes is 1. The van der Waals surface area contributed by atoms with E-state index in [-0.39, 0.29) is 0 Å². The van der Waals surface area contributed by atoms with E-state index >= 15 is 0 Å². The molecule has 1 aromatic heterocycles. The standard InChI is InChI=1S/C21H30N2/c1-4-8-17-18-9-7-10-20(21(18)23-19(17)6-3)22-16-13-11-15(5-2)12-14-16/h3-4,8,15-16,20,22-23H,5,7,9-14H2,1-2H3/b8-4-. The highest BCUT2D eigenvalue weighted by atomic mass is 15.0. The third-order valence-corrected chi connectivity index (χ3v) is 5.79. The molecule has 0 saturated heterocycles. The lowest BCUT2D eigenvalue weighted by atomic mass is 9.83. The van der Waals surface area contributed by atoms with E-state index in [0.717, 1.165) is 18.0 Å². The third-order valence-electron chi connectivity index (χ3n) is 5.79. The largest absolute Gasteiger partial charge is 0.350 e. The first kappa shape index (κ1) is 16.4. The van der Waals surface area contributed by atoms with Crippen molar-refractivity contribution >= 4 is 6.08 Å². The summed E-state index contributed by atoms with van der Waals surface area (Å²) in [7, 11) is 0. The van der Waals surface area contributed by atoms with E-state index in [1.165, 1.54) is 61.8 Å². The maximum atomic E-state index is 5.72. The van der Waals surface area contributed by atoms with Crippen LogP contribution in [0.15, 0.2) is 6.08 Å². The maximum Gasteiger partial charge on any atom is 0.0969 e. The number of fused-ring (bicyclic) bond motifs is 1. The molecule has 2 nitrogen and oxygen atoms in total. The second-order valence-electron chi connectivity index (χ2n) is 7.19. The zero-order valence-electron chi connectivity index (χ0n) is 14.6. The average Bonchev–Trinajstić information content (AvgIpc) is 2.95. The molecular formula is C21H30N2. The van der Waals surface area contributed by atoms with Crippen molar-refractivity contribution in [1.29, 1.82) is 0 Å². The first-order valence-corrected chi connectivity index (χ1v) is 9.36. The van der Waals surface area contributed by atoms with Crippen LogP contribution in [-0.4, -0.2) is 11.0 Å². The second-order valence-corrected chi connectivity index (χ2v) is 7.19. The van der Waals surface area contributed by atoms with Crippen LogP contribution in [0.3, 0.4) is 0 Å². The van der Waals surface area contributed by atoms with Gasteiger partial charge in [-0.2, -0.15) is 0 Å². The van der Waals surface area contributed by atoms with Crippen molar-refractivity contribution in [1.82, 2.24) is 10.3 Å². The van der Waals surface area contributed by atoms with Gasteiger partial charge in [0.1, 0.15) is 0 Å². The van der Waals surface area contributed by atoms with Crippen LogP contribution < -0.4 is 5.32 Å². The summed E-state index contributed by atoms with van der Waals surface area (Å²) >= 11 is 0. The molecule has 2 aliphatic rings. The highest BCUT2D eigenvalue weighted by Gasteiger charge is 2.28. The Morgan fingerprint density at radius 2 is 2.04 bits per heavy atom. The predicted molar refractivity (Wildman–Crippen MR) is 98.3 cm³/mol. The summed E-state index contributed by atoms with van der Waals surface area (Å²) in [6, 6.07) is 1.13. The molecule has 2 aliphatic carbocycles. The lowest BCUT2D eigenvalue weighted by molar-refractivity contribution is 0.260. The Balaban J connectivity index is 1.76. The van der Waals surface area contributed by atoms with Crippen molar-refractivity contribution in [3.63, 3.8) is 0 Å². The van der Waals surface area contributed by atoms with Gasteiger partial charge in [0.15, 0.2) is 0 Å². The molecule has 3 rings (SSSR count). The van der Waals surface area contributed by atoms with E-state index < -0.39 is 0 Å². The van der Waals surface area contributed by atoms with Crippen LogP contribution in [-0.2, 0) is 6.42 Å². The molecule has 0 aromatic carbocycles. The van der Waals surface area contributed by atoms with Crippen LogP contribution in [0.4, 0.5) is 0 Å². The van der Waals surface area contributed by atoms with Crippen molar-refractivity contribution in [3.05, 3.63) is 28.6 Å². The highest BCUT2D eigenvalue weighted by molar-refractivity contribution is 5.63. The van der Waals surface area contributed by atoms with E-state index in [9.17, 15) is 0 Å². The number of hydrogen-bond acceptors (Lipinski definition) is 1. The molecule has 124 valence electrons. The smallest absolute Gasteiger partial charge is 0.0969 e. The monoisotopic (exact) mass is 310 g/mol. The predicted octanol–water partition coefficient (Wildman–Crippen LogP) is 4.96. The number of hydrogen-bond donors (Lipinski definition) is 2. The lowest BCUT2D eigenvalue weighted by Gasteiger charge is -2.33. The van der Waals surface area contributed by atoms with Crippen molar-refractivity contribution in [2.45, 2.75) is 77.3 Å². The minimum absolute atomic E-state index is 0.452. The Morgan fingerprint density at radius 1 is 1.26 bits per heavy atom. The summed E-state index contributed by atoms with van der Waals surface area (Å²) < 4.78 is 0. The molecule has 1 saturated carbocycles. The van der Waals surface area contributed by atoms with Crippen LogP contribution in [0, 0.1) is 18.3 Å². The van der Waals surface area contributed by atoms with E-state index in [1.54, 1.807) is 0 Å². The molecule has 1 heterocycles. The van der Waals surface area contributed by atoms with Crippen molar-refractivity contribution in [3.8, 4) is 12.3 Å². The first-order chi connectivity index (χ1) is 11.3. The molecular weight excluding hydrogens is 280 g/mol. The van der Waals surface area contributed by atoms with Crippen LogP contribution in [0.25, 0.3) is 6.08 Å². The van der Waals surface area contributed by atoms with Crippen LogP contribution in [0.5, 0.6) is 0 Å². The van der Waals surface area contributed by atoms with Gasteiger partial charge in [-0.1, -0.05) is 31.4 Å². The molecule has 0 spiro atoms. The maximum absolute atomic E-state index is 5.72. The van der Waals surface area contributed by atoms with Crippen molar-refractivity contribution in [2.24, 2.45) is 5.92 Å². The Hall–Kier alpha value is -1.46. The SMILES string of the molecule is C#Cc1[nH]c2c(c1/C=C\C)CCCC2NC1CCC(CC)CC1. The zero-order chi connectivity index (χ0) is 16.2. The van der Waals surface area contributed by atoms with Gasteiger partial charge in [0, 0.05) is 23.3 Å². The fraction of sp³-hybridized carbons (Fsp3) is 0.619. The van der Waals surface area contributed by atoms with Gasteiger partial charge < -0.3 is 10.3 Å². The lowest BCUT2D eigenvalue weighted by Crippen LogP contribution is -2.37. The molecule has 1 atom stereocenters. The fourth-order valence-electron chi connectivity index (χ4n) is 4.42. The van der Waals surface area contributed by atoms with Crippen LogP contribution in [0.2, 0.25) is 0 Å². The van der Waals surface area contributed by atoms with Gasteiger partial charge in [-0.05, 0) is 63.4 Å². The summed E-state index contributed by atoms with van der Waals surface area (Å²) in [5.74, 6) is 3.79. The fourth-order valence-corrected chi connectivity index (χ4v) is 4.42. The van der Waals surface area contributed by atoms with E-state index in [4.69, 9.17) is 6.42 Å². The van der Waals surface area contributed by atoms with Crippen LogP contribution in [0.1, 0.15) is 87.3 Å². The summed E-state index contributed by atoms with van der Waals surface area (Å²) in [6.07, 6.45) is 20.4. The first-order valence-electron chi connectivity index (χ1n) is 9.36. The summed E-state index contributed by atoms with van der Waals surface area (Å²) in [5.41, 5.74) is 5.00. The van der Waals surface area contributed by atoms with Gasteiger partial charge in [-0.25, -0.2) is 0 Å². The van der Waals surface area contributed by atoms with Gasteiger partial charge in [0.05, 0.1) is 5.69 Å². The van der Waals surface area contributed by atoms with Crippen molar-refractivity contribution < 1.29 is 0 Å². The highest BCUT2D eigenvalue weighted by Crippen LogP contribution is 2.36. The van der Waals surface area contributed by atoms with E-state index in [0.29, 0.717) is 12.1 Å². The molecule has 23 heavy (non-hydrogen) atoms. The van der Waals surface area contributed by atoms with Gasteiger partial charge in [0.2, 0.25) is 0 Å². The Kier molecular flexibility index (Phi) is 5.28. The average molecular weight is 310 g/mol. The summed E-state index contributed by atoms with van der Waals surface area (Å²) in [5, 5.41) is 3.94. The Labute approximate surface area is 141 Å². The minimum Gasteiger partial charge on any atom is -0.350 e. The number of aromatic amines is 1. The molecule has 1 aromatic rings. The number of H-pyrrole nitrogens is 1. The van der Waals surface area contributed by atoms with Crippen LogP contribution >= 0.6 is 0 Å². The summed E-state index contributed by atoms with van der Waals surface area (Å²) in [6.45, 7) is 4.39. The topological polar surface area (TPSA) is 27.8 Å². The second kappa shape index (κ2) is 7.41. The number of allylic oxidation sites excluding steroid dienone is 1. The molecule has 0 amide bonds. The molecule has 1 fully saturated rings. The molecule has 0 radical (unpaired) electrons. The van der Waals surface area contributed by atoms with Gasteiger partial charge in [0.25, 0.3) is 0 Å². The summed E-state index contributed by atoms with van der Waals surface area (Å²) in [4.78, 5) is 3.55. The third kappa shape index (κ3) is 3.40. The minimum atomic E-state index is 0.452. The number of nitrogens with one attached hydrogen (secondary N) is 2. The van der Waals surface area contributed by atoms with Gasteiger partial charge in [-0.3, -0.25) is 0 Å². The molecule has 2 heteroatoms. The van der Waals surface area contributed by atoms with Gasteiger partial charge >= 0.3 is 0 Å². The quantitative estimate of drug-likeness (QED) is 0.755.